The standard InChI is InChI=1S/C7H14BN/c1-2-4-6-8-9-7-5-3-1/h1-7H2. The van der Waals surface area contributed by atoms with E-state index in [0.29, 0.717) is 0 Å². The molecule has 0 spiro atoms. The van der Waals surface area contributed by atoms with Gasteiger partial charge in [-0.05, 0) is 0 Å². The molecule has 50 valence electrons. The van der Waals surface area contributed by atoms with Gasteiger partial charge in [0, 0.05) is 0 Å². The molecule has 1 heterocycles. The van der Waals surface area contributed by atoms with Crippen LogP contribution in [0.3, 0.4) is 0 Å². The van der Waals surface area contributed by atoms with E-state index < -0.39 is 0 Å². The molecule has 0 aromatic rings. The molecule has 2 heteroatoms. The second-order valence-electron chi connectivity index (χ2n) is 2.65. The quantitative estimate of drug-likeness (QED) is 0.438. The van der Waals surface area contributed by atoms with Crippen molar-refractivity contribution in [2.75, 3.05) is 6.54 Å². The Balaban J connectivity index is 2.15. The van der Waals surface area contributed by atoms with Crippen molar-refractivity contribution in [2.45, 2.75) is 38.4 Å². The average Bonchev–Trinajstić information content (AvgIpc) is 2.00. The molecule has 0 fully saturated rings. The molecule has 1 aliphatic heterocycles. The van der Waals surface area contributed by atoms with Gasteiger partial charge >= 0.3 is 56.9 Å². The molecule has 0 saturated carbocycles. The van der Waals surface area contributed by atoms with E-state index in [1.807, 2.05) is 0 Å². The van der Waals surface area contributed by atoms with Crippen LogP contribution in [0, 0.1) is 0 Å². The van der Waals surface area contributed by atoms with Gasteiger partial charge in [0.1, 0.15) is 0 Å². The predicted octanol–water partition coefficient (Wildman–Crippen LogP) is 2.26. The topological polar surface area (TPSA) is 12.4 Å². The molecule has 0 aliphatic carbocycles. The molecule has 0 aromatic carbocycles. The number of hydrogen-bond acceptors (Lipinski definition) is 1. The molecule has 9 heavy (non-hydrogen) atoms. The molecular formula is C7H14BN. The Morgan fingerprint density at radius 3 is 2.67 bits per heavy atom. The van der Waals surface area contributed by atoms with E-state index in [1.165, 1.54) is 38.4 Å². The maximum atomic E-state index is 4.27. The van der Waals surface area contributed by atoms with Crippen LogP contribution < -0.4 is 0 Å². The average molecular weight is 123 g/mol. The van der Waals surface area contributed by atoms with Gasteiger partial charge < -0.3 is 0 Å². The van der Waals surface area contributed by atoms with E-state index in [4.69, 9.17) is 0 Å². The maximum absolute atomic E-state index is 4.27. The first-order chi connectivity index (χ1) is 4.50. The Labute approximate surface area is 57.8 Å². The van der Waals surface area contributed by atoms with Crippen LogP contribution in [0.1, 0.15) is 32.1 Å². The van der Waals surface area contributed by atoms with Gasteiger partial charge in [-0.3, -0.25) is 0 Å². The summed E-state index contributed by atoms with van der Waals surface area (Å²) in [5.74, 6) is 0. The summed E-state index contributed by atoms with van der Waals surface area (Å²) in [4.78, 5) is 4.27. The summed E-state index contributed by atoms with van der Waals surface area (Å²) in [6.45, 7) is 1.07. The van der Waals surface area contributed by atoms with Gasteiger partial charge in [-0.1, -0.05) is 0 Å². The zero-order chi connectivity index (χ0) is 6.36. The van der Waals surface area contributed by atoms with Crippen LogP contribution in [-0.4, -0.2) is 13.6 Å². The van der Waals surface area contributed by atoms with Crippen LogP contribution >= 0.6 is 0 Å². The summed E-state index contributed by atoms with van der Waals surface area (Å²) in [5, 5.41) is 0. The molecule has 0 saturated heterocycles. The SMILES string of the molecule is B1=NCCCCCCC1. The van der Waals surface area contributed by atoms with Crippen LogP contribution in [0.25, 0.3) is 0 Å². The molecule has 1 nitrogen and oxygen atoms in total. The summed E-state index contributed by atoms with van der Waals surface area (Å²) in [6, 6.07) is 0. The van der Waals surface area contributed by atoms with Crippen molar-refractivity contribution in [2.24, 2.45) is 4.90 Å². The van der Waals surface area contributed by atoms with E-state index in [0.717, 1.165) is 6.54 Å². The minimum absolute atomic E-state index is 1.07. The van der Waals surface area contributed by atoms with Gasteiger partial charge in [0.25, 0.3) is 0 Å². The Hall–Kier alpha value is -0.135. The molecule has 1 rings (SSSR count). The molecule has 0 N–H and O–H groups in total. The van der Waals surface area contributed by atoms with Crippen molar-refractivity contribution < 1.29 is 0 Å². The summed E-state index contributed by atoms with van der Waals surface area (Å²) < 4.78 is 0. The van der Waals surface area contributed by atoms with Crippen LogP contribution in [0.15, 0.2) is 4.90 Å². The van der Waals surface area contributed by atoms with Gasteiger partial charge in [0.05, 0.1) is 0 Å². The van der Waals surface area contributed by atoms with E-state index in [9.17, 15) is 0 Å². The predicted molar refractivity (Wildman–Crippen MR) is 40.9 cm³/mol. The third-order valence-electron chi connectivity index (χ3n) is 1.75. The second kappa shape index (κ2) is 4.72. The summed E-state index contributed by atoms with van der Waals surface area (Å²) in [7, 11) is 2.09. The third-order valence-corrected chi connectivity index (χ3v) is 1.75. The first-order valence-electron chi connectivity index (χ1n) is 3.98. The normalized spacial score (nSPS) is 21.3. The third kappa shape index (κ3) is 3.44. The number of nitrogens with zero attached hydrogens (tertiary/aromatic N) is 1. The zero-order valence-electron chi connectivity index (χ0n) is 5.97. The summed E-state index contributed by atoms with van der Waals surface area (Å²) in [5.41, 5.74) is 0. The molecule has 0 unspecified atom stereocenters. The van der Waals surface area contributed by atoms with Crippen molar-refractivity contribution in [1.29, 1.82) is 0 Å². The van der Waals surface area contributed by atoms with E-state index in [2.05, 4.69) is 12.0 Å². The van der Waals surface area contributed by atoms with Gasteiger partial charge in [-0.25, -0.2) is 0 Å². The van der Waals surface area contributed by atoms with Crippen molar-refractivity contribution in [3.05, 3.63) is 0 Å². The van der Waals surface area contributed by atoms with Crippen molar-refractivity contribution in [3.63, 3.8) is 0 Å². The fourth-order valence-corrected chi connectivity index (χ4v) is 1.15. The minimum atomic E-state index is 1.07. The molecule has 0 amide bonds. The van der Waals surface area contributed by atoms with Gasteiger partial charge in [0.2, 0.25) is 0 Å². The van der Waals surface area contributed by atoms with E-state index >= 15 is 0 Å². The number of rotatable bonds is 0. The fraction of sp³-hybridized carbons (Fsp3) is 1.00. The molecule has 0 bridgehead atoms. The monoisotopic (exact) mass is 123 g/mol. The van der Waals surface area contributed by atoms with Crippen molar-refractivity contribution >= 4 is 7.07 Å². The molecule has 1 aliphatic rings. The van der Waals surface area contributed by atoms with Crippen LogP contribution in [0.5, 0.6) is 0 Å². The summed E-state index contributed by atoms with van der Waals surface area (Å²) >= 11 is 0. The van der Waals surface area contributed by atoms with E-state index in [1.54, 1.807) is 0 Å². The molecule has 0 aromatic heterocycles. The fourth-order valence-electron chi connectivity index (χ4n) is 1.15. The van der Waals surface area contributed by atoms with Gasteiger partial charge in [0.15, 0.2) is 0 Å². The second-order valence-corrected chi connectivity index (χ2v) is 2.65. The van der Waals surface area contributed by atoms with Crippen LogP contribution in [0.4, 0.5) is 0 Å². The van der Waals surface area contributed by atoms with Crippen molar-refractivity contribution in [3.8, 4) is 0 Å². The van der Waals surface area contributed by atoms with Gasteiger partial charge in [-0.15, -0.1) is 0 Å². The molecular weight excluding hydrogens is 109 g/mol. The van der Waals surface area contributed by atoms with Crippen LogP contribution in [-0.2, 0) is 0 Å². The van der Waals surface area contributed by atoms with E-state index in [-0.39, 0.29) is 0 Å². The Morgan fingerprint density at radius 2 is 1.67 bits per heavy atom. The Morgan fingerprint density at radius 1 is 0.889 bits per heavy atom. The zero-order valence-corrected chi connectivity index (χ0v) is 5.97. The summed E-state index contributed by atoms with van der Waals surface area (Å²) in [6.07, 6.45) is 8.08. The van der Waals surface area contributed by atoms with Gasteiger partial charge in [-0.2, -0.15) is 0 Å². The Bertz CT molecular complexity index is 80.9. The first-order valence-corrected chi connectivity index (χ1v) is 3.98. The van der Waals surface area contributed by atoms with Crippen molar-refractivity contribution in [1.82, 2.24) is 0 Å². The Kier molecular flexibility index (Phi) is 3.66. The molecule has 0 atom stereocenters. The molecule has 0 radical (unpaired) electrons. The first kappa shape index (κ1) is 6.98. The van der Waals surface area contributed by atoms with Crippen LogP contribution in [0.2, 0.25) is 6.32 Å². The number of hydrogen-bond donors (Lipinski definition) is 0.